The number of hydrogen-bond donors (Lipinski definition) is 4. The van der Waals surface area contributed by atoms with Crippen LogP contribution in [0.25, 0.3) is 49.0 Å². The van der Waals surface area contributed by atoms with Crippen molar-refractivity contribution in [2.24, 2.45) is 40.9 Å². The molecule has 0 atom stereocenters. The first kappa shape index (κ1) is 61.5. The summed E-state index contributed by atoms with van der Waals surface area (Å²) in [5.74, 6) is 1.61. The Balaban J connectivity index is 0.754. The van der Waals surface area contributed by atoms with Crippen molar-refractivity contribution in [2.45, 2.75) is 37.0 Å². The van der Waals surface area contributed by atoms with Gasteiger partial charge in [0.25, 0.3) is 26.1 Å². The van der Waals surface area contributed by atoms with Gasteiger partial charge in [0.1, 0.15) is 73.1 Å². The van der Waals surface area contributed by atoms with Crippen LogP contribution in [0.5, 0.6) is 34.5 Å². The summed E-state index contributed by atoms with van der Waals surface area (Å²) in [7, 11) is -3.89. The van der Waals surface area contributed by atoms with Crippen LogP contribution in [-0.2, 0) is 20.2 Å². The monoisotopic (exact) mass is 1260 g/mol. The largest absolute Gasteiger partial charge is 0.505 e. The average Bonchev–Trinajstić information content (AvgIpc) is 1.77. The number of nitrogens with one attached hydrogen (secondary N) is 1. The summed E-state index contributed by atoms with van der Waals surface area (Å²) in [6.45, 7) is 6.33. The Morgan fingerprint density at radius 3 is 1.80 bits per heavy atom. The number of phenols is 1. The highest BCUT2D eigenvalue weighted by Crippen LogP contribution is 2.44. The first-order chi connectivity index (χ1) is 43.7. The fourth-order valence-corrected chi connectivity index (χ4v) is 11.1. The lowest BCUT2D eigenvalue weighted by molar-refractivity contribution is 0.102. The van der Waals surface area contributed by atoms with E-state index >= 15 is 0 Å². The number of amides is 1. The van der Waals surface area contributed by atoms with Crippen molar-refractivity contribution >= 4 is 121 Å². The maximum atomic E-state index is 13.4. The molecule has 0 saturated heterocycles. The van der Waals surface area contributed by atoms with E-state index in [2.05, 4.69) is 63.4 Å². The van der Waals surface area contributed by atoms with Gasteiger partial charge in [0.2, 0.25) is 0 Å². The molecule has 0 fully saturated rings. The highest BCUT2D eigenvalue weighted by molar-refractivity contribution is 7.86. The molecule has 11 rings (SSSR count). The van der Waals surface area contributed by atoms with Crippen LogP contribution in [0, 0.1) is 13.8 Å². The molecule has 460 valence electrons. The summed E-state index contributed by atoms with van der Waals surface area (Å²) in [5, 5.41) is 61.7. The third-order valence-electron chi connectivity index (χ3n) is 14.4. The van der Waals surface area contributed by atoms with Crippen LogP contribution in [0.3, 0.4) is 0 Å². The number of phenolic OH excluding ortho intramolecular Hbond substituents is 1. The Morgan fingerprint density at radius 1 is 0.516 bits per heavy atom. The summed E-state index contributed by atoms with van der Waals surface area (Å²) in [6.07, 6.45) is 0.895. The molecule has 0 spiro atoms. The van der Waals surface area contributed by atoms with Crippen molar-refractivity contribution in [3.8, 4) is 40.2 Å². The number of nitrogens with zero attached hydrogens (tertiary/aromatic N) is 11. The smallest absolute Gasteiger partial charge is 0.295 e. The summed E-state index contributed by atoms with van der Waals surface area (Å²) in [6, 6.07) is 41.0. The van der Waals surface area contributed by atoms with Crippen LogP contribution in [0.15, 0.2) is 202 Å². The normalized spacial score (nSPS) is 12.2. The van der Waals surface area contributed by atoms with Crippen LogP contribution in [-0.4, -0.2) is 87.0 Å². The van der Waals surface area contributed by atoms with Crippen molar-refractivity contribution in [1.82, 2.24) is 15.0 Å². The van der Waals surface area contributed by atoms with E-state index in [-0.39, 0.29) is 39.1 Å². The number of aromatic nitrogens is 3. The van der Waals surface area contributed by atoms with Crippen LogP contribution < -0.4 is 29.0 Å². The molecule has 0 aliphatic rings. The Morgan fingerprint density at radius 2 is 1.11 bits per heavy atom. The number of aromatic hydroxyl groups is 1. The molecular weight excluding hydrogens is 1210 g/mol. The number of rotatable bonds is 20. The van der Waals surface area contributed by atoms with E-state index in [9.17, 15) is 35.8 Å². The zero-order chi connectivity index (χ0) is 64.3. The topological polar surface area (TPSA) is 334 Å². The third-order valence-corrected chi connectivity index (χ3v) is 16.1. The van der Waals surface area contributed by atoms with Gasteiger partial charge in [-0.05, 0) is 151 Å². The quantitative estimate of drug-likeness (QED) is 0.0407. The molecule has 0 saturated carbocycles. The molecule has 4 N–H and O–H groups in total. The van der Waals surface area contributed by atoms with Crippen LogP contribution in [0.2, 0.25) is 0 Å². The van der Waals surface area contributed by atoms with Gasteiger partial charge in [-0.3, -0.25) is 13.9 Å². The molecule has 11 aromatic rings. The standard InChI is InChI=1S/C64H54N12O13S2/c1-8-24-89-56-11-9-10-37-27-40(14-17-44(37)56)65-64(78)39-13-20-49(57(29-39)85-4)68-67-48-22-15-41(25-35(48)2)66-71-54-33-60(88-7)55(34-59(54)87-6)73-70-52-32-58(86-5)53(26-36(52)3)72-69-51-21-12-38-28-42(16-18-45(38)63(51)77)76-74-50-23-19-46-47(62(50)75-76)30-43(90(79,80)81)31-61(46)91(82,83)84/h9-23,25-34,77H,8,24H2,1-7H3,(H,65,78)(H,79,80,81)(H,82,83,84). The number of carbonyl (C=O) groups is 1. The van der Waals surface area contributed by atoms with E-state index in [1.54, 1.807) is 97.9 Å². The highest BCUT2D eigenvalue weighted by atomic mass is 32.2. The van der Waals surface area contributed by atoms with E-state index in [4.69, 9.17) is 23.7 Å². The number of carbonyl (C=O) groups excluding carboxylic acids is 1. The molecule has 0 aliphatic carbocycles. The third kappa shape index (κ3) is 13.1. The number of aryl methyl sites for hydroxylation is 2. The van der Waals surface area contributed by atoms with Gasteiger partial charge < -0.3 is 34.1 Å². The minimum atomic E-state index is -4.93. The number of methoxy groups -OCH3 is 4. The summed E-state index contributed by atoms with van der Waals surface area (Å²) in [5.41, 5.74) is 6.23. The van der Waals surface area contributed by atoms with Gasteiger partial charge in [0.05, 0.1) is 62.7 Å². The molecule has 1 aromatic heterocycles. The molecule has 0 aliphatic heterocycles. The van der Waals surface area contributed by atoms with Crippen molar-refractivity contribution in [2.75, 3.05) is 40.4 Å². The van der Waals surface area contributed by atoms with Crippen molar-refractivity contribution < 1.29 is 59.5 Å². The van der Waals surface area contributed by atoms with Gasteiger partial charge in [-0.2, -0.15) is 37.0 Å². The summed E-state index contributed by atoms with van der Waals surface area (Å²) < 4.78 is 96.9. The van der Waals surface area contributed by atoms with Crippen molar-refractivity contribution in [1.29, 1.82) is 0 Å². The zero-order valence-electron chi connectivity index (χ0n) is 49.5. The number of fused-ring (bicyclic) bond motifs is 5. The van der Waals surface area contributed by atoms with Crippen LogP contribution >= 0.6 is 0 Å². The van der Waals surface area contributed by atoms with Gasteiger partial charge in [0, 0.05) is 51.0 Å². The van der Waals surface area contributed by atoms with E-state index in [1.165, 1.54) is 45.4 Å². The van der Waals surface area contributed by atoms with E-state index < -0.39 is 30.0 Å². The second-order valence-electron chi connectivity index (χ2n) is 20.4. The second kappa shape index (κ2) is 25.5. The molecule has 27 heteroatoms. The SMILES string of the molecule is CCCOc1cccc2cc(NC(=O)c3ccc(N=Nc4ccc(N=Nc5cc(OC)c(N=Nc6cc(OC)c(N=Nc7ccc8cc(-n9nc%10ccc%11c(S(=O)(=O)O)cc(S(=O)(=O)O)cc%11c%10n9)ccc8c7O)cc6C)cc5OC)cc4C)c(OC)c3)ccc12. The maximum absolute atomic E-state index is 13.4. The lowest BCUT2D eigenvalue weighted by atomic mass is 10.1. The number of azo groups is 4. The predicted molar refractivity (Wildman–Crippen MR) is 341 cm³/mol. The van der Waals surface area contributed by atoms with Gasteiger partial charge in [0.15, 0.2) is 5.75 Å². The average molecular weight is 1260 g/mol. The van der Waals surface area contributed by atoms with E-state index in [0.29, 0.717) is 109 Å². The molecule has 91 heavy (non-hydrogen) atoms. The van der Waals surface area contributed by atoms with E-state index in [0.717, 1.165) is 34.6 Å². The summed E-state index contributed by atoms with van der Waals surface area (Å²) in [4.78, 5) is 13.1. The molecule has 1 amide bonds. The number of benzene rings is 10. The predicted octanol–water partition coefficient (Wildman–Crippen LogP) is 16.4. The lowest BCUT2D eigenvalue weighted by Gasteiger charge is -2.11. The minimum Gasteiger partial charge on any atom is -0.505 e. The zero-order valence-corrected chi connectivity index (χ0v) is 51.1. The number of hydrogen-bond acceptors (Lipinski definition) is 21. The van der Waals surface area contributed by atoms with E-state index in [1.807, 2.05) is 43.3 Å². The molecule has 25 nitrogen and oxygen atoms in total. The molecule has 10 aromatic carbocycles. The van der Waals surface area contributed by atoms with Gasteiger partial charge >= 0.3 is 0 Å². The molecule has 0 radical (unpaired) electrons. The minimum absolute atomic E-state index is 0.00545. The molecule has 0 bridgehead atoms. The molecule has 0 unspecified atom stereocenters. The lowest BCUT2D eigenvalue weighted by Crippen LogP contribution is -2.11. The maximum Gasteiger partial charge on any atom is 0.295 e. The fourth-order valence-electron chi connectivity index (χ4n) is 9.78. The highest BCUT2D eigenvalue weighted by Gasteiger charge is 2.24. The van der Waals surface area contributed by atoms with Crippen molar-refractivity contribution in [3.05, 3.63) is 168 Å². The first-order valence-electron chi connectivity index (χ1n) is 27.7. The fraction of sp³-hybridized carbons (Fsp3) is 0.141. The second-order valence-corrected chi connectivity index (χ2v) is 23.2. The molecular formula is C64H54N12O13S2. The van der Waals surface area contributed by atoms with Crippen molar-refractivity contribution in [3.63, 3.8) is 0 Å². The molecule has 1 heterocycles. The first-order valence-corrected chi connectivity index (χ1v) is 30.5. The summed E-state index contributed by atoms with van der Waals surface area (Å²) >= 11 is 0. The van der Waals surface area contributed by atoms with Gasteiger partial charge in [-0.25, -0.2) is 0 Å². The van der Waals surface area contributed by atoms with Crippen LogP contribution in [0.4, 0.5) is 51.2 Å². The van der Waals surface area contributed by atoms with Crippen LogP contribution in [0.1, 0.15) is 34.8 Å². The Labute approximate surface area is 519 Å². The van der Waals surface area contributed by atoms with Gasteiger partial charge in [-0.15, -0.1) is 35.8 Å². The Hall–Kier alpha value is -11.1. The number of anilines is 1. The Bertz CT molecular complexity index is 5110. The van der Waals surface area contributed by atoms with Gasteiger partial charge in [-0.1, -0.05) is 31.2 Å². The number of ether oxygens (including phenoxy) is 5. The Kier molecular flexibility index (Phi) is 17.3.